The molecule has 4 N–H and O–H groups in total. The highest BCUT2D eigenvalue weighted by atomic mass is 16.5. The van der Waals surface area contributed by atoms with Crippen LogP contribution in [0.1, 0.15) is 22.7 Å². The predicted octanol–water partition coefficient (Wildman–Crippen LogP) is 2.84. The number of hydrogen-bond acceptors (Lipinski definition) is 6. The first-order valence-corrected chi connectivity index (χ1v) is 9.46. The van der Waals surface area contributed by atoms with Gasteiger partial charge < -0.3 is 26.0 Å². The highest BCUT2D eigenvalue weighted by Crippen LogP contribution is 2.26. The van der Waals surface area contributed by atoms with Crippen LogP contribution in [0.2, 0.25) is 0 Å². The first kappa shape index (κ1) is 19.6. The maximum absolute atomic E-state index is 6.00. The molecule has 2 aromatic carbocycles. The number of hydrogen-bond donors (Lipinski definition) is 3. The van der Waals surface area contributed by atoms with E-state index in [0.29, 0.717) is 19.1 Å². The van der Waals surface area contributed by atoms with Gasteiger partial charge in [-0.15, -0.1) is 0 Å². The Morgan fingerprint density at radius 3 is 2.61 bits per heavy atom. The van der Waals surface area contributed by atoms with E-state index < -0.39 is 0 Å². The number of anilines is 1. The van der Waals surface area contributed by atoms with E-state index >= 15 is 0 Å². The lowest BCUT2D eigenvalue weighted by Crippen LogP contribution is -2.40. The molecule has 0 amide bonds. The molecule has 0 spiro atoms. The number of nitrogens with two attached hydrogens (primary N) is 1. The Morgan fingerprint density at radius 1 is 1.14 bits per heavy atom. The van der Waals surface area contributed by atoms with Crippen molar-refractivity contribution in [1.82, 2.24) is 10.6 Å². The Kier molecular flexibility index (Phi) is 6.09. The monoisotopic (exact) mass is 379 g/mol. The first-order chi connectivity index (χ1) is 13.4. The molecule has 0 aliphatic carbocycles. The molecule has 6 heteroatoms. The molecule has 0 bridgehead atoms. The van der Waals surface area contributed by atoms with Gasteiger partial charge in [0.25, 0.3) is 0 Å². The number of aryl methyl sites for hydroxylation is 1. The fourth-order valence-corrected chi connectivity index (χ4v) is 3.11. The van der Waals surface area contributed by atoms with E-state index in [2.05, 4.69) is 58.6 Å². The van der Waals surface area contributed by atoms with Crippen molar-refractivity contribution in [2.75, 3.05) is 32.1 Å². The number of rotatable bonds is 7. The third-order valence-corrected chi connectivity index (χ3v) is 4.87. The molecular weight excluding hydrogens is 350 g/mol. The van der Waals surface area contributed by atoms with Gasteiger partial charge in [0.05, 0.1) is 6.54 Å². The number of guanidine groups is 1. The van der Waals surface area contributed by atoms with Crippen LogP contribution in [-0.2, 0) is 0 Å². The predicted molar refractivity (Wildman–Crippen MR) is 116 cm³/mol. The van der Waals surface area contributed by atoms with Crippen LogP contribution in [-0.4, -0.2) is 33.2 Å². The van der Waals surface area contributed by atoms with E-state index in [1.165, 1.54) is 16.7 Å². The summed E-state index contributed by atoms with van der Waals surface area (Å²) in [7, 11) is 4.04. The largest absolute Gasteiger partial charge is 0.492 e. The second-order valence-electron chi connectivity index (χ2n) is 7.12. The minimum absolute atomic E-state index is 0.0943. The molecule has 0 radical (unpaired) electrons. The van der Waals surface area contributed by atoms with Crippen LogP contribution in [0.25, 0.3) is 0 Å². The summed E-state index contributed by atoms with van der Waals surface area (Å²) in [6.45, 7) is 5.43. The van der Waals surface area contributed by atoms with E-state index in [-0.39, 0.29) is 6.04 Å². The van der Waals surface area contributed by atoms with Crippen molar-refractivity contribution in [1.29, 1.82) is 0 Å². The number of nitrogens with zero attached hydrogens (tertiary/aromatic N) is 2. The Balaban J connectivity index is 1.56. The lowest BCUT2D eigenvalue weighted by Gasteiger charge is -2.23. The number of ether oxygens (including phenoxy) is 1. The minimum atomic E-state index is -0.0943. The minimum Gasteiger partial charge on any atom is -0.492 e. The first-order valence-electron chi connectivity index (χ1n) is 9.46. The van der Waals surface area contributed by atoms with Crippen LogP contribution < -0.4 is 26.0 Å². The molecule has 2 aromatic rings. The Bertz CT molecular complexity index is 871. The fraction of sp³-hybridized carbons (Fsp3) is 0.318. The van der Waals surface area contributed by atoms with Crippen LogP contribution in [0.15, 0.2) is 59.4 Å². The molecule has 1 atom stereocenters. The Labute approximate surface area is 167 Å². The number of aliphatic imine (C=N–C) groups is 1. The Morgan fingerprint density at radius 2 is 1.89 bits per heavy atom. The topological polar surface area (TPSA) is 74.9 Å². The summed E-state index contributed by atoms with van der Waals surface area (Å²) in [5.41, 5.74) is 10.8. The van der Waals surface area contributed by atoms with Gasteiger partial charge in [0.15, 0.2) is 5.96 Å². The Hall–Kier alpha value is -3.15. The standard InChI is InChI=1S/C22H29N5O/c1-15-6-5-7-19(16(15)2)20-14-21(26-22(23)25-20)24-12-13-28-18-10-8-17(9-11-18)27(3)4/h5-11,14,20,24H,12-13H2,1-4H3,(H3,23,25,26). The van der Waals surface area contributed by atoms with Crippen LogP contribution >= 0.6 is 0 Å². The van der Waals surface area contributed by atoms with Gasteiger partial charge in [-0.05, 0) is 60.9 Å². The zero-order chi connectivity index (χ0) is 20.1. The summed E-state index contributed by atoms with van der Waals surface area (Å²) < 4.78 is 5.81. The van der Waals surface area contributed by atoms with Crippen LogP contribution in [0.3, 0.4) is 0 Å². The van der Waals surface area contributed by atoms with Crippen molar-refractivity contribution >= 4 is 11.6 Å². The maximum Gasteiger partial charge on any atom is 0.195 e. The molecule has 0 saturated carbocycles. The average Bonchev–Trinajstić information content (AvgIpc) is 2.67. The summed E-state index contributed by atoms with van der Waals surface area (Å²) in [4.78, 5) is 6.59. The van der Waals surface area contributed by atoms with Gasteiger partial charge >= 0.3 is 0 Å². The maximum atomic E-state index is 6.00. The molecule has 1 unspecified atom stereocenters. The average molecular weight is 380 g/mol. The van der Waals surface area contributed by atoms with Gasteiger partial charge in [0.2, 0.25) is 0 Å². The van der Waals surface area contributed by atoms with Crippen molar-refractivity contribution < 1.29 is 4.74 Å². The summed E-state index contributed by atoms with van der Waals surface area (Å²) in [5, 5.41) is 6.43. The summed E-state index contributed by atoms with van der Waals surface area (Å²) >= 11 is 0. The van der Waals surface area contributed by atoms with E-state index in [1.807, 2.05) is 38.4 Å². The van der Waals surface area contributed by atoms with Gasteiger partial charge in [0.1, 0.15) is 24.2 Å². The third-order valence-electron chi connectivity index (χ3n) is 4.87. The summed E-state index contributed by atoms with van der Waals surface area (Å²) in [6, 6.07) is 14.2. The zero-order valence-electron chi connectivity index (χ0n) is 17.0. The SMILES string of the molecule is Cc1cccc(C2C=C(NCCOc3ccc(N(C)C)cc3)NC(N)=N2)c1C. The van der Waals surface area contributed by atoms with E-state index in [9.17, 15) is 0 Å². The molecule has 3 rings (SSSR count). The third kappa shape index (κ3) is 4.76. The lowest BCUT2D eigenvalue weighted by molar-refractivity contribution is 0.318. The highest BCUT2D eigenvalue weighted by molar-refractivity contribution is 5.81. The number of benzene rings is 2. The molecule has 0 fully saturated rings. The lowest BCUT2D eigenvalue weighted by atomic mass is 9.97. The second-order valence-corrected chi connectivity index (χ2v) is 7.12. The van der Waals surface area contributed by atoms with Crippen molar-refractivity contribution in [3.8, 4) is 5.75 Å². The van der Waals surface area contributed by atoms with Gasteiger partial charge in [-0.3, -0.25) is 0 Å². The fourth-order valence-electron chi connectivity index (χ4n) is 3.11. The van der Waals surface area contributed by atoms with Crippen LogP contribution in [0, 0.1) is 13.8 Å². The zero-order valence-corrected chi connectivity index (χ0v) is 17.0. The quantitative estimate of drug-likeness (QED) is 0.645. The summed E-state index contributed by atoms with van der Waals surface area (Å²) in [5.74, 6) is 2.12. The van der Waals surface area contributed by atoms with Crippen molar-refractivity contribution in [3.05, 3.63) is 71.1 Å². The van der Waals surface area contributed by atoms with Crippen molar-refractivity contribution in [3.63, 3.8) is 0 Å². The molecule has 148 valence electrons. The van der Waals surface area contributed by atoms with Gasteiger partial charge in [-0.1, -0.05) is 18.2 Å². The molecule has 1 heterocycles. The van der Waals surface area contributed by atoms with Crippen LogP contribution in [0.5, 0.6) is 5.75 Å². The van der Waals surface area contributed by atoms with E-state index in [1.54, 1.807) is 0 Å². The molecule has 28 heavy (non-hydrogen) atoms. The van der Waals surface area contributed by atoms with Gasteiger partial charge in [0, 0.05) is 19.8 Å². The normalized spacial score (nSPS) is 15.9. The number of nitrogens with one attached hydrogen (secondary N) is 2. The molecule has 1 aliphatic rings. The van der Waals surface area contributed by atoms with E-state index in [0.717, 1.165) is 17.3 Å². The van der Waals surface area contributed by atoms with Crippen molar-refractivity contribution in [2.45, 2.75) is 19.9 Å². The van der Waals surface area contributed by atoms with Crippen molar-refractivity contribution in [2.24, 2.45) is 10.7 Å². The molecule has 0 saturated heterocycles. The second kappa shape index (κ2) is 8.69. The smallest absolute Gasteiger partial charge is 0.195 e. The molecule has 0 aromatic heterocycles. The van der Waals surface area contributed by atoms with E-state index in [4.69, 9.17) is 10.5 Å². The molecular formula is C22H29N5O. The highest BCUT2D eigenvalue weighted by Gasteiger charge is 2.17. The van der Waals surface area contributed by atoms with Gasteiger partial charge in [-0.25, -0.2) is 4.99 Å². The molecule has 6 nitrogen and oxygen atoms in total. The van der Waals surface area contributed by atoms with Gasteiger partial charge in [-0.2, -0.15) is 0 Å². The summed E-state index contributed by atoms with van der Waals surface area (Å²) in [6.07, 6.45) is 2.06. The van der Waals surface area contributed by atoms with Crippen LogP contribution in [0.4, 0.5) is 5.69 Å². The molecule has 1 aliphatic heterocycles.